The van der Waals surface area contributed by atoms with Crippen molar-refractivity contribution in [3.8, 4) is 0 Å². The van der Waals surface area contributed by atoms with Crippen LogP contribution in [0.2, 0.25) is 0 Å². The molecule has 1 rings (SSSR count). The monoisotopic (exact) mass is 276 g/mol. The third-order valence-electron chi connectivity index (χ3n) is 2.89. The molecule has 1 aromatic carbocycles. The van der Waals surface area contributed by atoms with Gasteiger partial charge in [-0.2, -0.15) is 0 Å². The first-order valence-corrected chi connectivity index (χ1v) is 7.46. The lowest BCUT2D eigenvalue weighted by molar-refractivity contribution is -0.495. The van der Waals surface area contributed by atoms with Crippen LogP contribution < -0.4 is 15.6 Å². The lowest BCUT2D eigenvalue weighted by atomic mass is 9.87. The molecule has 0 saturated heterocycles. The van der Waals surface area contributed by atoms with Crippen molar-refractivity contribution in [2.45, 2.75) is 66.0 Å². The molecule has 1 aromatic rings. The molecule has 3 N–H and O–H groups in total. The third-order valence-corrected chi connectivity index (χ3v) is 2.89. The van der Waals surface area contributed by atoms with Crippen LogP contribution in [0.4, 0.5) is 5.69 Å². The Balaban J connectivity index is 2.84. The number of rotatable bonds is 3. The van der Waals surface area contributed by atoms with Crippen molar-refractivity contribution >= 4 is 11.6 Å². The van der Waals surface area contributed by atoms with Crippen LogP contribution in [-0.4, -0.2) is 18.0 Å². The van der Waals surface area contributed by atoms with E-state index in [4.69, 9.17) is 0 Å². The Hall–Kier alpha value is -1.51. The van der Waals surface area contributed by atoms with Gasteiger partial charge in [-0.15, -0.1) is 0 Å². The summed E-state index contributed by atoms with van der Waals surface area (Å²) in [6, 6.07) is 9.40. The smallest absolute Gasteiger partial charge is 0.276 e. The largest absolute Gasteiger partial charge is 0.348 e. The van der Waals surface area contributed by atoms with Gasteiger partial charge in [0.05, 0.1) is 17.8 Å². The van der Waals surface area contributed by atoms with Crippen LogP contribution in [0.3, 0.4) is 0 Å². The third kappa shape index (κ3) is 5.64. The molecule has 0 heterocycles. The lowest BCUT2D eigenvalue weighted by Gasteiger charge is -2.19. The van der Waals surface area contributed by atoms with Crippen LogP contribution >= 0.6 is 0 Å². The van der Waals surface area contributed by atoms with Gasteiger partial charge in [0.25, 0.3) is 0 Å². The molecule has 3 nitrogen and oxygen atoms in total. The molecule has 0 aromatic heterocycles. The molecule has 0 unspecified atom stereocenters. The molecular formula is C17H30N3+. The molecule has 0 amide bonds. The van der Waals surface area contributed by atoms with E-state index in [0.29, 0.717) is 12.1 Å². The number of guanidine groups is 1. The minimum Gasteiger partial charge on any atom is -0.276 e. The van der Waals surface area contributed by atoms with Gasteiger partial charge in [-0.25, -0.2) is 5.32 Å². The predicted octanol–water partition coefficient (Wildman–Crippen LogP) is 2.24. The second-order valence-corrected chi connectivity index (χ2v) is 6.93. The van der Waals surface area contributed by atoms with Crippen LogP contribution in [0.25, 0.3) is 0 Å². The number of nitrogens with one attached hydrogen (secondary N) is 3. The highest BCUT2D eigenvalue weighted by atomic mass is 15.2. The summed E-state index contributed by atoms with van der Waals surface area (Å²) in [5.41, 5.74) is 2.63. The summed E-state index contributed by atoms with van der Waals surface area (Å²) in [5.74, 6) is 0.957. The zero-order valence-corrected chi connectivity index (χ0v) is 14.0. The zero-order chi connectivity index (χ0) is 15.3. The van der Waals surface area contributed by atoms with Gasteiger partial charge in [0.2, 0.25) is 0 Å². The fourth-order valence-electron chi connectivity index (χ4n) is 1.89. The summed E-state index contributed by atoms with van der Waals surface area (Å²) in [7, 11) is 0. The van der Waals surface area contributed by atoms with Gasteiger partial charge in [0, 0.05) is 0 Å². The lowest BCUT2D eigenvalue weighted by Crippen LogP contribution is -2.82. The maximum absolute atomic E-state index is 3.41. The highest BCUT2D eigenvalue weighted by Gasteiger charge is 2.14. The van der Waals surface area contributed by atoms with Crippen molar-refractivity contribution in [3.63, 3.8) is 0 Å². The number of benzene rings is 1. The first kappa shape index (κ1) is 16.5. The Labute approximate surface area is 123 Å². The van der Waals surface area contributed by atoms with Crippen LogP contribution in [0.15, 0.2) is 24.3 Å². The Kier molecular flexibility index (Phi) is 5.61. The van der Waals surface area contributed by atoms with E-state index in [1.807, 2.05) is 0 Å². The van der Waals surface area contributed by atoms with Crippen LogP contribution in [-0.2, 0) is 5.41 Å². The SMILES string of the molecule is CC(C)NC(Nc1ccc(C(C)(C)C)cc1)=[NH+]C(C)C. The minimum atomic E-state index is 0.192. The van der Waals surface area contributed by atoms with E-state index in [9.17, 15) is 0 Å². The zero-order valence-electron chi connectivity index (χ0n) is 14.0. The Morgan fingerprint density at radius 1 is 1.00 bits per heavy atom. The first-order valence-electron chi connectivity index (χ1n) is 7.46. The summed E-state index contributed by atoms with van der Waals surface area (Å²) in [6.45, 7) is 15.2. The molecule has 20 heavy (non-hydrogen) atoms. The van der Waals surface area contributed by atoms with E-state index in [1.165, 1.54) is 5.56 Å². The van der Waals surface area contributed by atoms with E-state index in [-0.39, 0.29) is 5.41 Å². The molecule has 0 atom stereocenters. The summed E-state index contributed by atoms with van der Waals surface area (Å²) in [4.78, 5) is 3.40. The first-order chi connectivity index (χ1) is 9.18. The fraction of sp³-hybridized carbons (Fsp3) is 0.588. The highest BCUT2D eigenvalue weighted by Crippen LogP contribution is 2.23. The Morgan fingerprint density at radius 3 is 1.95 bits per heavy atom. The van der Waals surface area contributed by atoms with E-state index in [1.54, 1.807) is 0 Å². The van der Waals surface area contributed by atoms with Crippen LogP contribution in [0.1, 0.15) is 54.0 Å². The van der Waals surface area contributed by atoms with Gasteiger partial charge in [-0.3, -0.25) is 10.3 Å². The molecule has 0 fully saturated rings. The summed E-state index contributed by atoms with van der Waals surface area (Å²) in [5, 5.41) is 6.81. The van der Waals surface area contributed by atoms with Crippen molar-refractivity contribution in [3.05, 3.63) is 29.8 Å². The minimum absolute atomic E-state index is 0.192. The molecule has 112 valence electrons. The van der Waals surface area contributed by atoms with Gasteiger partial charge in [0.1, 0.15) is 0 Å². The van der Waals surface area contributed by atoms with Gasteiger partial charge >= 0.3 is 5.96 Å². The van der Waals surface area contributed by atoms with Crippen molar-refractivity contribution in [2.24, 2.45) is 0 Å². The molecular weight excluding hydrogens is 246 g/mol. The summed E-state index contributed by atoms with van der Waals surface area (Å²) in [6.07, 6.45) is 0. The maximum Gasteiger partial charge on any atom is 0.348 e. The summed E-state index contributed by atoms with van der Waals surface area (Å²) >= 11 is 0. The van der Waals surface area contributed by atoms with Crippen molar-refractivity contribution in [1.82, 2.24) is 5.32 Å². The average molecular weight is 276 g/mol. The molecule has 0 aliphatic heterocycles. The molecule has 0 spiro atoms. The van der Waals surface area contributed by atoms with Gasteiger partial charge < -0.3 is 0 Å². The molecule has 0 aliphatic rings. The van der Waals surface area contributed by atoms with E-state index in [0.717, 1.165) is 11.6 Å². The standard InChI is InChI=1S/C17H29N3/c1-12(2)18-16(19-13(3)4)20-15-10-8-14(9-11-15)17(5,6)7/h8-13H,1-7H3,(H2,18,19,20)/p+1. The van der Waals surface area contributed by atoms with E-state index in [2.05, 4.69) is 88.4 Å². The number of hydrogen-bond donors (Lipinski definition) is 3. The highest BCUT2D eigenvalue weighted by molar-refractivity contribution is 5.89. The Bertz CT molecular complexity index is 436. The quantitative estimate of drug-likeness (QED) is 0.585. The number of hydrogen-bond acceptors (Lipinski definition) is 0. The molecule has 0 aliphatic carbocycles. The van der Waals surface area contributed by atoms with Gasteiger partial charge in [-0.1, -0.05) is 32.9 Å². The average Bonchev–Trinajstić information content (AvgIpc) is 2.26. The maximum atomic E-state index is 3.41. The van der Waals surface area contributed by atoms with Crippen molar-refractivity contribution in [1.29, 1.82) is 0 Å². The Morgan fingerprint density at radius 2 is 1.55 bits per heavy atom. The normalized spacial score (nSPS) is 12.9. The molecule has 0 radical (unpaired) electrons. The van der Waals surface area contributed by atoms with Gasteiger partial charge in [0.15, 0.2) is 0 Å². The second kappa shape index (κ2) is 6.78. The van der Waals surface area contributed by atoms with E-state index < -0.39 is 0 Å². The van der Waals surface area contributed by atoms with Crippen molar-refractivity contribution < 1.29 is 4.99 Å². The topological polar surface area (TPSA) is 38.0 Å². The number of anilines is 1. The molecule has 3 heteroatoms. The molecule has 0 saturated carbocycles. The summed E-state index contributed by atoms with van der Waals surface area (Å²) < 4.78 is 0. The molecule has 0 bridgehead atoms. The predicted molar refractivity (Wildman–Crippen MR) is 88.1 cm³/mol. The fourth-order valence-corrected chi connectivity index (χ4v) is 1.89. The van der Waals surface area contributed by atoms with Crippen LogP contribution in [0, 0.1) is 0 Å². The van der Waals surface area contributed by atoms with E-state index >= 15 is 0 Å². The second-order valence-electron chi connectivity index (χ2n) is 6.93. The van der Waals surface area contributed by atoms with Crippen LogP contribution in [0.5, 0.6) is 0 Å². The van der Waals surface area contributed by atoms with Crippen molar-refractivity contribution in [2.75, 3.05) is 5.32 Å². The van der Waals surface area contributed by atoms with Gasteiger partial charge in [-0.05, 0) is 50.8 Å².